The van der Waals surface area contributed by atoms with Gasteiger partial charge in [-0.2, -0.15) is 0 Å². The Labute approximate surface area is 79.1 Å². The molecule has 1 heterocycles. The zero-order valence-electron chi connectivity index (χ0n) is 8.76. The van der Waals surface area contributed by atoms with Gasteiger partial charge in [-0.25, -0.2) is 0 Å². The summed E-state index contributed by atoms with van der Waals surface area (Å²) in [6.07, 6.45) is 1.20. The highest BCUT2D eigenvalue weighted by atomic mass is 16.2. The number of likely N-dealkylation sites (tertiary alicyclic amines) is 1. The normalized spacial score (nSPS) is 23.8. The maximum absolute atomic E-state index is 11.8. The van der Waals surface area contributed by atoms with E-state index < -0.39 is 0 Å². The Balaban J connectivity index is 2.75. The maximum Gasteiger partial charge on any atom is 0.223 e. The molecular weight excluding hydrogens is 166 g/mol. The van der Waals surface area contributed by atoms with Gasteiger partial charge >= 0.3 is 0 Å². The molecule has 0 aromatic rings. The molecule has 0 radical (unpaired) electrons. The Bertz CT molecular complexity index is 240. The summed E-state index contributed by atoms with van der Waals surface area (Å²) in [5, 5.41) is 0. The Hall–Kier alpha value is -0.860. The largest absolute Gasteiger partial charge is 0.336 e. The number of hydrogen-bond donors (Lipinski definition) is 0. The van der Waals surface area contributed by atoms with Crippen LogP contribution in [-0.2, 0) is 9.59 Å². The summed E-state index contributed by atoms with van der Waals surface area (Å²) in [6, 6.07) is -0.188. The van der Waals surface area contributed by atoms with Crippen molar-refractivity contribution in [3.63, 3.8) is 0 Å². The molecule has 1 aliphatic heterocycles. The maximum atomic E-state index is 11.8. The average Bonchev–Trinajstić information content (AvgIpc) is 2.30. The van der Waals surface area contributed by atoms with Gasteiger partial charge in [-0.1, -0.05) is 20.8 Å². The molecule has 1 amide bonds. The summed E-state index contributed by atoms with van der Waals surface area (Å²) in [5.41, 5.74) is -0.344. The molecule has 0 spiro atoms. The van der Waals surface area contributed by atoms with Crippen LogP contribution in [0, 0.1) is 5.41 Å². The van der Waals surface area contributed by atoms with Gasteiger partial charge in [0.15, 0.2) is 5.78 Å². The lowest BCUT2D eigenvalue weighted by Crippen LogP contribution is -2.41. The fourth-order valence-corrected chi connectivity index (χ4v) is 1.61. The highest BCUT2D eigenvalue weighted by Gasteiger charge is 2.38. The van der Waals surface area contributed by atoms with Gasteiger partial charge in [0, 0.05) is 18.9 Å². The van der Waals surface area contributed by atoms with E-state index >= 15 is 0 Å². The van der Waals surface area contributed by atoms with Crippen molar-refractivity contribution >= 4 is 11.7 Å². The Morgan fingerprint density at radius 2 is 2.00 bits per heavy atom. The number of ketones is 1. The monoisotopic (exact) mass is 183 g/mol. The summed E-state index contributed by atoms with van der Waals surface area (Å²) in [5.74, 6) is 0.253. The first-order valence-electron chi connectivity index (χ1n) is 4.64. The van der Waals surface area contributed by atoms with Crippen LogP contribution in [0.3, 0.4) is 0 Å². The van der Waals surface area contributed by atoms with Gasteiger partial charge in [0.25, 0.3) is 0 Å². The number of likely N-dealkylation sites (N-methyl/N-ethyl adjacent to an activating group) is 1. The fourth-order valence-electron chi connectivity index (χ4n) is 1.61. The van der Waals surface area contributed by atoms with Crippen LogP contribution in [-0.4, -0.2) is 29.7 Å². The van der Waals surface area contributed by atoms with Gasteiger partial charge in [0.05, 0.1) is 6.04 Å². The number of carbonyl (C=O) groups excluding carboxylic acids is 2. The highest BCUT2D eigenvalue weighted by Crippen LogP contribution is 2.25. The topological polar surface area (TPSA) is 37.4 Å². The molecule has 0 bridgehead atoms. The number of hydrogen-bond acceptors (Lipinski definition) is 2. The first kappa shape index (κ1) is 10.2. The molecule has 1 rings (SSSR count). The van der Waals surface area contributed by atoms with Crippen molar-refractivity contribution in [2.24, 2.45) is 5.41 Å². The Morgan fingerprint density at radius 3 is 2.31 bits per heavy atom. The second-order valence-electron chi connectivity index (χ2n) is 4.67. The van der Waals surface area contributed by atoms with Crippen molar-refractivity contribution in [1.82, 2.24) is 4.90 Å². The third-order valence-corrected chi connectivity index (χ3v) is 2.53. The van der Waals surface area contributed by atoms with E-state index in [-0.39, 0.29) is 23.1 Å². The minimum atomic E-state index is -0.344. The van der Waals surface area contributed by atoms with Crippen LogP contribution in [0.15, 0.2) is 0 Å². The van der Waals surface area contributed by atoms with E-state index in [1.54, 1.807) is 11.9 Å². The van der Waals surface area contributed by atoms with E-state index in [9.17, 15) is 9.59 Å². The molecular formula is C10H17NO2. The molecule has 0 N–H and O–H groups in total. The van der Waals surface area contributed by atoms with Crippen molar-refractivity contribution in [2.45, 2.75) is 39.7 Å². The third-order valence-electron chi connectivity index (χ3n) is 2.53. The zero-order valence-corrected chi connectivity index (χ0v) is 8.76. The second kappa shape index (κ2) is 3.13. The minimum absolute atomic E-state index is 0.0857. The van der Waals surface area contributed by atoms with Gasteiger partial charge in [-0.15, -0.1) is 0 Å². The Kier molecular flexibility index (Phi) is 2.46. The summed E-state index contributed by atoms with van der Waals surface area (Å²) < 4.78 is 0. The van der Waals surface area contributed by atoms with Crippen LogP contribution < -0.4 is 0 Å². The molecule has 0 aromatic heterocycles. The predicted octanol–water partition coefficient (Wildman–Crippen LogP) is 1.22. The molecule has 1 saturated heterocycles. The van der Waals surface area contributed by atoms with E-state index in [0.29, 0.717) is 12.8 Å². The van der Waals surface area contributed by atoms with E-state index in [1.807, 2.05) is 20.8 Å². The summed E-state index contributed by atoms with van der Waals surface area (Å²) in [4.78, 5) is 24.6. The van der Waals surface area contributed by atoms with E-state index in [1.165, 1.54) is 0 Å². The molecule has 3 heteroatoms. The third kappa shape index (κ3) is 1.90. The molecule has 1 aliphatic rings. The van der Waals surface area contributed by atoms with Crippen molar-refractivity contribution in [3.8, 4) is 0 Å². The molecule has 0 saturated carbocycles. The van der Waals surface area contributed by atoms with Crippen LogP contribution in [0.25, 0.3) is 0 Å². The number of amides is 1. The van der Waals surface area contributed by atoms with Gasteiger partial charge in [-0.05, 0) is 6.42 Å². The van der Waals surface area contributed by atoms with Crippen LogP contribution in [0.1, 0.15) is 33.6 Å². The van der Waals surface area contributed by atoms with Gasteiger partial charge in [-0.3, -0.25) is 9.59 Å². The molecule has 3 nitrogen and oxygen atoms in total. The highest BCUT2D eigenvalue weighted by molar-refractivity contribution is 5.94. The SMILES string of the molecule is CN1C(=O)CC[C@@H]1C(=O)C(C)(C)C. The smallest absolute Gasteiger partial charge is 0.223 e. The molecule has 0 unspecified atom stereocenters. The summed E-state index contributed by atoms with van der Waals surface area (Å²) in [7, 11) is 1.71. The average molecular weight is 183 g/mol. The number of rotatable bonds is 1. The lowest BCUT2D eigenvalue weighted by molar-refractivity contribution is -0.136. The molecule has 1 fully saturated rings. The number of nitrogens with zero attached hydrogens (tertiary/aromatic N) is 1. The molecule has 13 heavy (non-hydrogen) atoms. The lowest BCUT2D eigenvalue weighted by atomic mass is 9.86. The second-order valence-corrected chi connectivity index (χ2v) is 4.67. The molecule has 1 atom stereocenters. The number of Topliss-reactive ketones (excluding diaryl/α,β-unsaturated/α-hetero) is 1. The molecule has 0 aromatic carbocycles. The van der Waals surface area contributed by atoms with Crippen LogP contribution >= 0.6 is 0 Å². The van der Waals surface area contributed by atoms with E-state index in [2.05, 4.69) is 0 Å². The Morgan fingerprint density at radius 1 is 1.46 bits per heavy atom. The van der Waals surface area contributed by atoms with Gasteiger partial charge in [0.1, 0.15) is 0 Å². The van der Waals surface area contributed by atoms with Crippen LogP contribution in [0.4, 0.5) is 0 Å². The van der Waals surface area contributed by atoms with Gasteiger partial charge in [0.2, 0.25) is 5.91 Å². The fraction of sp³-hybridized carbons (Fsp3) is 0.800. The van der Waals surface area contributed by atoms with Crippen molar-refractivity contribution < 1.29 is 9.59 Å². The van der Waals surface area contributed by atoms with Crippen molar-refractivity contribution in [3.05, 3.63) is 0 Å². The summed E-state index contributed by atoms with van der Waals surface area (Å²) in [6.45, 7) is 5.68. The van der Waals surface area contributed by atoms with E-state index in [4.69, 9.17) is 0 Å². The van der Waals surface area contributed by atoms with Crippen molar-refractivity contribution in [1.29, 1.82) is 0 Å². The minimum Gasteiger partial charge on any atom is -0.336 e. The lowest BCUT2D eigenvalue weighted by Gasteiger charge is -2.26. The first-order valence-corrected chi connectivity index (χ1v) is 4.64. The first-order chi connectivity index (χ1) is 5.84. The molecule has 0 aliphatic carbocycles. The van der Waals surface area contributed by atoms with Crippen molar-refractivity contribution in [2.75, 3.05) is 7.05 Å². The zero-order chi connectivity index (χ0) is 10.2. The molecule has 74 valence electrons. The van der Waals surface area contributed by atoms with Gasteiger partial charge < -0.3 is 4.90 Å². The summed E-state index contributed by atoms with van der Waals surface area (Å²) >= 11 is 0. The number of carbonyl (C=O) groups is 2. The predicted molar refractivity (Wildman–Crippen MR) is 50.3 cm³/mol. The van der Waals surface area contributed by atoms with Crippen LogP contribution in [0.5, 0.6) is 0 Å². The van der Waals surface area contributed by atoms with E-state index in [0.717, 1.165) is 0 Å². The standard InChI is InChI=1S/C10H17NO2/c1-10(2,3)9(13)7-5-6-8(12)11(7)4/h7H,5-6H2,1-4H3/t7-/m1/s1. The quantitative estimate of drug-likeness (QED) is 0.613. The van der Waals surface area contributed by atoms with Crippen LogP contribution in [0.2, 0.25) is 0 Å².